The first-order chi connectivity index (χ1) is 18.5. The third kappa shape index (κ3) is 17.6. The van der Waals surface area contributed by atoms with Crippen LogP contribution in [0.15, 0.2) is 24.3 Å². The van der Waals surface area contributed by atoms with Crippen LogP contribution < -0.4 is 11.5 Å². The summed E-state index contributed by atoms with van der Waals surface area (Å²) in [6, 6.07) is 6.26. The summed E-state index contributed by atoms with van der Waals surface area (Å²) in [6.07, 6.45) is 22.3. The monoisotopic (exact) mass is 532 g/mol. The largest absolute Gasteiger partial charge is 0.443 e. The molecule has 0 aromatic heterocycles. The van der Waals surface area contributed by atoms with Gasteiger partial charge >= 0.3 is 11.9 Å². The van der Waals surface area contributed by atoms with E-state index in [1.54, 1.807) is 24.3 Å². The molecule has 218 valence electrons. The van der Waals surface area contributed by atoms with Gasteiger partial charge in [-0.3, -0.25) is 11.5 Å². The lowest BCUT2D eigenvalue weighted by Crippen LogP contribution is -2.27. The SMILES string of the molecule is CCCCCCCCCCCC(N)OC(=O)c1ccc(C(=O)OC(N)CCCCCCCCCCC)cc1. The van der Waals surface area contributed by atoms with Crippen LogP contribution in [0.2, 0.25) is 0 Å². The lowest BCUT2D eigenvalue weighted by molar-refractivity contribution is 0.0276. The van der Waals surface area contributed by atoms with Crippen molar-refractivity contribution in [3.05, 3.63) is 35.4 Å². The highest BCUT2D eigenvalue weighted by molar-refractivity contribution is 5.93. The lowest BCUT2D eigenvalue weighted by atomic mass is 10.1. The number of carbonyl (C=O) groups excluding carboxylic acids is 2. The van der Waals surface area contributed by atoms with Crippen molar-refractivity contribution in [2.24, 2.45) is 11.5 Å². The molecular weight excluding hydrogens is 476 g/mol. The van der Waals surface area contributed by atoms with Crippen LogP contribution in [0.5, 0.6) is 0 Å². The average Bonchev–Trinajstić information content (AvgIpc) is 2.91. The number of hydrogen-bond donors (Lipinski definition) is 2. The van der Waals surface area contributed by atoms with Crippen molar-refractivity contribution in [3.63, 3.8) is 0 Å². The summed E-state index contributed by atoms with van der Waals surface area (Å²) in [5.74, 6) is -0.953. The van der Waals surface area contributed by atoms with E-state index in [1.165, 1.54) is 89.9 Å². The van der Waals surface area contributed by atoms with Crippen LogP contribution in [0, 0.1) is 0 Å². The van der Waals surface area contributed by atoms with Crippen LogP contribution >= 0.6 is 0 Å². The minimum Gasteiger partial charge on any atom is -0.443 e. The predicted octanol–water partition coefficient (Wildman–Crippen LogP) is 8.41. The van der Waals surface area contributed by atoms with Gasteiger partial charge in [0.1, 0.15) is 0 Å². The van der Waals surface area contributed by atoms with Crippen molar-refractivity contribution >= 4 is 11.9 Å². The molecule has 0 amide bonds. The van der Waals surface area contributed by atoms with Gasteiger partial charge in [0.2, 0.25) is 0 Å². The molecule has 0 radical (unpaired) electrons. The van der Waals surface area contributed by atoms with E-state index in [0.717, 1.165) is 25.7 Å². The van der Waals surface area contributed by atoms with Gasteiger partial charge in [0.15, 0.2) is 12.5 Å². The highest BCUT2D eigenvalue weighted by atomic mass is 16.6. The van der Waals surface area contributed by atoms with E-state index < -0.39 is 24.4 Å². The van der Waals surface area contributed by atoms with E-state index >= 15 is 0 Å². The summed E-state index contributed by atoms with van der Waals surface area (Å²) < 4.78 is 10.7. The number of hydrogen-bond acceptors (Lipinski definition) is 6. The van der Waals surface area contributed by atoms with Crippen molar-refractivity contribution in [1.82, 2.24) is 0 Å². The maximum absolute atomic E-state index is 12.4. The first kappa shape index (κ1) is 34.1. The van der Waals surface area contributed by atoms with Gasteiger partial charge in [-0.1, -0.05) is 117 Å². The zero-order valence-corrected chi connectivity index (χ0v) is 24.4. The minimum atomic E-state index is -0.615. The van der Waals surface area contributed by atoms with Crippen LogP contribution in [-0.2, 0) is 9.47 Å². The first-order valence-corrected chi connectivity index (χ1v) is 15.5. The van der Waals surface area contributed by atoms with Crippen LogP contribution in [0.3, 0.4) is 0 Å². The normalized spacial score (nSPS) is 12.7. The third-order valence-corrected chi connectivity index (χ3v) is 7.06. The van der Waals surface area contributed by atoms with Crippen molar-refractivity contribution in [3.8, 4) is 0 Å². The van der Waals surface area contributed by atoms with E-state index in [1.807, 2.05) is 0 Å². The fourth-order valence-electron chi connectivity index (χ4n) is 4.58. The molecule has 0 heterocycles. The average molecular weight is 533 g/mol. The molecule has 1 aromatic rings. The standard InChI is InChI=1S/C32H56N2O4/c1-3-5-7-9-11-13-15-17-19-21-29(33)37-31(35)27-23-25-28(26-24-27)32(36)38-30(34)22-20-18-16-14-12-10-8-6-4-2/h23-26,29-30H,3-22,33-34H2,1-2H3. The maximum atomic E-state index is 12.4. The Morgan fingerprint density at radius 1 is 0.526 bits per heavy atom. The van der Waals surface area contributed by atoms with E-state index in [2.05, 4.69) is 13.8 Å². The topological polar surface area (TPSA) is 105 Å². The van der Waals surface area contributed by atoms with Crippen molar-refractivity contribution in [2.75, 3.05) is 0 Å². The van der Waals surface area contributed by atoms with E-state index in [9.17, 15) is 9.59 Å². The molecule has 6 heteroatoms. The number of benzene rings is 1. The van der Waals surface area contributed by atoms with Gasteiger partial charge in [0.05, 0.1) is 11.1 Å². The van der Waals surface area contributed by atoms with E-state index in [4.69, 9.17) is 20.9 Å². The Balaban J connectivity index is 2.19. The Kier molecular flexibility index (Phi) is 20.7. The fraction of sp³-hybridized carbons (Fsp3) is 0.750. The molecule has 0 saturated heterocycles. The molecule has 0 aliphatic heterocycles. The van der Waals surface area contributed by atoms with Gasteiger partial charge < -0.3 is 9.47 Å². The summed E-state index contributed by atoms with van der Waals surface area (Å²) in [6.45, 7) is 4.47. The molecule has 0 bridgehead atoms. The molecule has 38 heavy (non-hydrogen) atoms. The van der Waals surface area contributed by atoms with Gasteiger partial charge in [-0.2, -0.15) is 0 Å². The van der Waals surface area contributed by atoms with Gasteiger partial charge in [-0.05, 0) is 49.9 Å². The van der Waals surface area contributed by atoms with Gasteiger partial charge in [0, 0.05) is 0 Å². The molecule has 4 N–H and O–H groups in total. The van der Waals surface area contributed by atoms with E-state index in [0.29, 0.717) is 24.0 Å². The van der Waals surface area contributed by atoms with Crippen LogP contribution in [0.25, 0.3) is 0 Å². The number of unbranched alkanes of at least 4 members (excludes halogenated alkanes) is 16. The minimum absolute atomic E-state index is 0.364. The van der Waals surface area contributed by atoms with Crippen molar-refractivity contribution in [1.29, 1.82) is 0 Å². The Morgan fingerprint density at radius 2 is 0.789 bits per heavy atom. The number of ether oxygens (including phenoxy) is 2. The summed E-state index contributed by atoms with van der Waals surface area (Å²) >= 11 is 0. The Labute approximate surface area is 232 Å². The Morgan fingerprint density at radius 3 is 1.08 bits per heavy atom. The quantitative estimate of drug-likeness (QED) is 0.0786. The summed E-state index contributed by atoms with van der Waals surface area (Å²) in [7, 11) is 0. The molecule has 6 nitrogen and oxygen atoms in total. The molecular formula is C32H56N2O4. The summed E-state index contributed by atoms with van der Waals surface area (Å²) in [5.41, 5.74) is 12.7. The van der Waals surface area contributed by atoms with Crippen LogP contribution in [0.4, 0.5) is 0 Å². The second kappa shape index (κ2) is 23.0. The molecule has 0 fully saturated rings. The summed E-state index contributed by atoms with van der Waals surface area (Å²) in [4.78, 5) is 24.8. The zero-order chi connectivity index (χ0) is 27.8. The number of carbonyl (C=O) groups is 2. The highest BCUT2D eigenvalue weighted by Crippen LogP contribution is 2.15. The van der Waals surface area contributed by atoms with Crippen molar-refractivity contribution in [2.45, 2.75) is 155 Å². The van der Waals surface area contributed by atoms with Gasteiger partial charge in [-0.25, -0.2) is 9.59 Å². The predicted molar refractivity (Wildman–Crippen MR) is 157 cm³/mol. The van der Waals surface area contributed by atoms with Crippen LogP contribution in [0.1, 0.15) is 163 Å². The lowest BCUT2D eigenvalue weighted by Gasteiger charge is -2.14. The molecule has 0 saturated carbocycles. The second-order valence-electron chi connectivity index (χ2n) is 10.7. The molecule has 2 unspecified atom stereocenters. The first-order valence-electron chi connectivity index (χ1n) is 15.5. The third-order valence-electron chi connectivity index (χ3n) is 7.06. The summed E-state index contributed by atoms with van der Waals surface area (Å²) in [5, 5.41) is 0. The van der Waals surface area contributed by atoms with Crippen molar-refractivity contribution < 1.29 is 19.1 Å². The molecule has 1 aromatic carbocycles. The fourth-order valence-corrected chi connectivity index (χ4v) is 4.58. The van der Waals surface area contributed by atoms with Gasteiger partial charge in [-0.15, -0.1) is 0 Å². The zero-order valence-electron chi connectivity index (χ0n) is 24.4. The molecule has 0 spiro atoms. The molecule has 0 aliphatic rings. The smallest absolute Gasteiger partial charge is 0.339 e. The number of esters is 2. The van der Waals surface area contributed by atoms with Crippen LogP contribution in [-0.4, -0.2) is 24.4 Å². The number of rotatable bonds is 24. The second-order valence-corrected chi connectivity index (χ2v) is 10.7. The Bertz CT molecular complexity index is 662. The Hall–Kier alpha value is -1.92. The molecule has 1 rings (SSSR count). The number of nitrogens with two attached hydrogens (primary N) is 2. The van der Waals surface area contributed by atoms with Gasteiger partial charge in [0.25, 0.3) is 0 Å². The maximum Gasteiger partial charge on any atom is 0.339 e. The molecule has 0 aliphatic carbocycles. The highest BCUT2D eigenvalue weighted by Gasteiger charge is 2.15. The van der Waals surface area contributed by atoms with E-state index in [-0.39, 0.29) is 0 Å². The molecule has 2 atom stereocenters.